The topological polar surface area (TPSA) is 29.1 Å². The predicted octanol–water partition coefficient (Wildman–Crippen LogP) is 3.36. The minimum absolute atomic E-state index is 0.263. The van der Waals surface area contributed by atoms with Crippen LogP contribution in [0.1, 0.15) is 59.8 Å². The normalized spacial score (nSPS) is 42.2. The van der Waals surface area contributed by atoms with Crippen molar-refractivity contribution in [2.75, 3.05) is 0 Å². The van der Waals surface area contributed by atoms with E-state index in [4.69, 9.17) is 0 Å². The van der Waals surface area contributed by atoms with E-state index in [1.807, 2.05) is 0 Å². The number of amides is 1. The first-order valence-corrected chi connectivity index (χ1v) is 7.25. The van der Waals surface area contributed by atoms with Crippen LogP contribution in [0.3, 0.4) is 0 Å². The molecular formula is C15H27NO. The Kier molecular flexibility index (Phi) is 3.51. The zero-order valence-corrected chi connectivity index (χ0v) is 11.8. The Morgan fingerprint density at radius 2 is 2.12 bits per heavy atom. The molecule has 2 rings (SSSR count). The Balaban J connectivity index is 2.22. The summed E-state index contributed by atoms with van der Waals surface area (Å²) in [6.07, 6.45) is 5.80. The number of nitrogens with one attached hydrogen (secondary N) is 1. The van der Waals surface area contributed by atoms with E-state index < -0.39 is 0 Å². The van der Waals surface area contributed by atoms with Gasteiger partial charge in [0.1, 0.15) is 0 Å². The van der Waals surface area contributed by atoms with Gasteiger partial charge >= 0.3 is 0 Å². The number of carbonyl (C=O) groups is 1. The van der Waals surface area contributed by atoms with Gasteiger partial charge in [-0.15, -0.1) is 0 Å². The molecule has 2 fully saturated rings. The molecule has 1 saturated carbocycles. The zero-order chi connectivity index (χ0) is 12.6. The third-order valence-corrected chi connectivity index (χ3v) is 5.29. The molecule has 1 aliphatic heterocycles. The van der Waals surface area contributed by atoms with Crippen molar-refractivity contribution in [2.45, 2.75) is 65.8 Å². The van der Waals surface area contributed by atoms with Crippen LogP contribution in [0.5, 0.6) is 0 Å². The van der Waals surface area contributed by atoms with Gasteiger partial charge in [-0.3, -0.25) is 4.79 Å². The quantitative estimate of drug-likeness (QED) is 0.784. The lowest BCUT2D eigenvalue weighted by Gasteiger charge is -2.46. The fraction of sp³-hybridized carbons (Fsp3) is 0.933. The minimum Gasteiger partial charge on any atom is -0.353 e. The van der Waals surface area contributed by atoms with E-state index >= 15 is 0 Å². The molecule has 0 aromatic rings. The Morgan fingerprint density at radius 3 is 2.76 bits per heavy atom. The highest BCUT2D eigenvalue weighted by Crippen LogP contribution is 2.52. The molecule has 2 aliphatic rings. The first kappa shape index (κ1) is 12.9. The molecule has 0 aromatic heterocycles. The largest absolute Gasteiger partial charge is 0.353 e. The van der Waals surface area contributed by atoms with Crippen LogP contribution in [0.2, 0.25) is 0 Å². The van der Waals surface area contributed by atoms with E-state index in [1.165, 1.54) is 19.3 Å². The SMILES string of the molecule is CC(C)CC1NC(=O)CC12CCCC(C)C2C. The third kappa shape index (κ3) is 2.23. The lowest BCUT2D eigenvalue weighted by molar-refractivity contribution is -0.120. The van der Waals surface area contributed by atoms with Crippen LogP contribution in [-0.2, 0) is 4.79 Å². The lowest BCUT2D eigenvalue weighted by Crippen LogP contribution is -2.46. The summed E-state index contributed by atoms with van der Waals surface area (Å²) in [4.78, 5) is 11.8. The van der Waals surface area contributed by atoms with Crippen molar-refractivity contribution in [2.24, 2.45) is 23.2 Å². The van der Waals surface area contributed by atoms with Gasteiger partial charge in [0, 0.05) is 17.9 Å². The highest BCUT2D eigenvalue weighted by atomic mass is 16.2. The summed E-state index contributed by atoms with van der Waals surface area (Å²) >= 11 is 0. The zero-order valence-electron chi connectivity index (χ0n) is 11.8. The third-order valence-electron chi connectivity index (χ3n) is 5.29. The van der Waals surface area contributed by atoms with E-state index in [9.17, 15) is 4.79 Å². The Hall–Kier alpha value is -0.530. The molecule has 1 N–H and O–H groups in total. The number of hydrogen-bond acceptors (Lipinski definition) is 1. The molecule has 1 heterocycles. The summed E-state index contributed by atoms with van der Waals surface area (Å²) in [6.45, 7) is 9.25. The van der Waals surface area contributed by atoms with Gasteiger partial charge in [0.15, 0.2) is 0 Å². The van der Waals surface area contributed by atoms with Crippen molar-refractivity contribution in [1.29, 1.82) is 0 Å². The Morgan fingerprint density at radius 1 is 1.41 bits per heavy atom. The predicted molar refractivity (Wildman–Crippen MR) is 70.6 cm³/mol. The van der Waals surface area contributed by atoms with Crippen molar-refractivity contribution in [1.82, 2.24) is 5.32 Å². The summed E-state index contributed by atoms with van der Waals surface area (Å²) in [6, 6.07) is 0.424. The van der Waals surface area contributed by atoms with Crippen LogP contribution in [-0.4, -0.2) is 11.9 Å². The molecule has 0 radical (unpaired) electrons. The van der Waals surface area contributed by atoms with Gasteiger partial charge in [-0.1, -0.05) is 40.5 Å². The van der Waals surface area contributed by atoms with Gasteiger partial charge in [0.05, 0.1) is 0 Å². The van der Waals surface area contributed by atoms with Gasteiger partial charge in [0.2, 0.25) is 5.91 Å². The smallest absolute Gasteiger partial charge is 0.220 e. The summed E-state index contributed by atoms with van der Waals surface area (Å²) in [5, 5.41) is 3.26. The maximum atomic E-state index is 11.8. The molecule has 1 spiro atoms. The highest BCUT2D eigenvalue weighted by molar-refractivity contribution is 5.80. The van der Waals surface area contributed by atoms with Gasteiger partial charge < -0.3 is 5.32 Å². The second-order valence-corrected chi connectivity index (χ2v) is 6.82. The minimum atomic E-state index is 0.263. The standard InChI is InChI=1S/C15H27NO/c1-10(2)8-13-15(9-14(17)16-13)7-5-6-11(3)12(15)4/h10-13H,5-9H2,1-4H3,(H,16,17). The molecule has 0 aromatic carbocycles. The van der Waals surface area contributed by atoms with Crippen LogP contribution in [0.4, 0.5) is 0 Å². The van der Waals surface area contributed by atoms with E-state index in [2.05, 4.69) is 33.0 Å². The average Bonchev–Trinajstić information content (AvgIpc) is 2.52. The number of hydrogen-bond donors (Lipinski definition) is 1. The van der Waals surface area contributed by atoms with Crippen molar-refractivity contribution in [3.05, 3.63) is 0 Å². The number of carbonyl (C=O) groups excluding carboxylic acids is 1. The van der Waals surface area contributed by atoms with E-state index in [1.54, 1.807) is 0 Å². The summed E-state index contributed by atoms with van der Waals surface area (Å²) in [5.41, 5.74) is 0.263. The van der Waals surface area contributed by atoms with Gasteiger partial charge in [-0.2, -0.15) is 0 Å². The van der Waals surface area contributed by atoms with Crippen molar-refractivity contribution < 1.29 is 4.79 Å². The molecule has 1 amide bonds. The molecule has 2 nitrogen and oxygen atoms in total. The van der Waals surface area contributed by atoms with E-state index in [0.29, 0.717) is 17.9 Å². The fourth-order valence-corrected chi connectivity index (χ4v) is 4.11. The van der Waals surface area contributed by atoms with Crippen molar-refractivity contribution in [3.8, 4) is 0 Å². The van der Waals surface area contributed by atoms with Crippen LogP contribution in [0.15, 0.2) is 0 Å². The highest BCUT2D eigenvalue weighted by Gasteiger charge is 2.52. The van der Waals surface area contributed by atoms with Gasteiger partial charge in [-0.25, -0.2) is 0 Å². The van der Waals surface area contributed by atoms with Crippen LogP contribution in [0, 0.1) is 23.2 Å². The van der Waals surface area contributed by atoms with Crippen LogP contribution < -0.4 is 5.32 Å². The van der Waals surface area contributed by atoms with E-state index in [0.717, 1.165) is 18.8 Å². The number of rotatable bonds is 2. The first-order chi connectivity index (χ1) is 7.95. The second kappa shape index (κ2) is 4.62. The van der Waals surface area contributed by atoms with Crippen molar-refractivity contribution >= 4 is 5.91 Å². The lowest BCUT2D eigenvalue weighted by atomic mass is 9.58. The maximum Gasteiger partial charge on any atom is 0.220 e. The molecule has 4 atom stereocenters. The summed E-state index contributed by atoms with van der Waals surface area (Å²) < 4.78 is 0. The van der Waals surface area contributed by atoms with Gasteiger partial charge in [0.25, 0.3) is 0 Å². The molecule has 2 heteroatoms. The molecule has 0 bridgehead atoms. The molecule has 17 heavy (non-hydrogen) atoms. The van der Waals surface area contributed by atoms with Crippen molar-refractivity contribution in [3.63, 3.8) is 0 Å². The monoisotopic (exact) mass is 237 g/mol. The van der Waals surface area contributed by atoms with Crippen LogP contribution in [0.25, 0.3) is 0 Å². The van der Waals surface area contributed by atoms with Crippen LogP contribution >= 0.6 is 0 Å². The first-order valence-electron chi connectivity index (χ1n) is 7.25. The molecule has 98 valence electrons. The Labute approximate surface area is 106 Å². The maximum absolute atomic E-state index is 11.8. The molecule has 1 saturated heterocycles. The molecule has 1 aliphatic carbocycles. The van der Waals surface area contributed by atoms with E-state index in [-0.39, 0.29) is 11.3 Å². The Bertz CT molecular complexity index is 299. The fourth-order valence-electron chi connectivity index (χ4n) is 4.11. The van der Waals surface area contributed by atoms with Gasteiger partial charge in [-0.05, 0) is 30.6 Å². The summed E-state index contributed by atoms with van der Waals surface area (Å²) in [5.74, 6) is 2.40. The molecular weight excluding hydrogens is 210 g/mol. The average molecular weight is 237 g/mol. The second-order valence-electron chi connectivity index (χ2n) is 6.82. The molecule has 4 unspecified atom stereocenters. The summed E-state index contributed by atoms with van der Waals surface area (Å²) in [7, 11) is 0.